The Morgan fingerprint density at radius 1 is 0.917 bits per heavy atom. The predicted octanol–water partition coefficient (Wildman–Crippen LogP) is 3.62. The van der Waals surface area contributed by atoms with Crippen LogP contribution >= 0.6 is 0 Å². The van der Waals surface area contributed by atoms with Crippen molar-refractivity contribution in [1.29, 1.82) is 0 Å². The number of Topliss-reactive ketones (excluding diaryl/α,β-unsaturated/α-hetero) is 2. The van der Waals surface area contributed by atoms with Crippen molar-refractivity contribution < 1.29 is 14.3 Å². The van der Waals surface area contributed by atoms with Gasteiger partial charge >= 0.3 is 0 Å². The third-order valence-corrected chi connectivity index (χ3v) is 3.83. The highest BCUT2D eigenvalue weighted by atomic mass is 16.5. The number of hydrogen-bond acceptors (Lipinski definition) is 3. The van der Waals surface area contributed by atoms with E-state index in [2.05, 4.69) is 11.8 Å². The molecule has 122 valence electrons. The van der Waals surface area contributed by atoms with Crippen LogP contribution in [0.25, 0.3) is 0 Å². The van der Waals surface area contributed by atoms with Crippen LogP contribution < -0.4 is 4.74 Å². The smallest absolute Gasteiger partial charge is 0.141 e. The number of hydrogen-bond donors (Lipinski definition) is 0. The Balaban J connectivity index is 2.41. The Labute approximate surface area is 142 Å². The summed E-state index contributed by atoms with van der Waals surface area (Å²) in [6.07, 6.45) is 0. The summed E-state index contributed by atoms with van der Waals surface area (Å²) < 4.78 is 5.13. The van der Waals surface area contributed by atoms with E-state index in [1.165, 1.54) is 13.8 Å². The Morgan fingerprint density at radius 2 is 1.50 bits per heavy atom. The summed E-state index contributed by atoms with van der Waals surface area (Å²) in [5.41, 5.74) is 1.68. The topological polar surface area (TPSA) is 43.4 Å². The second kappa shape index (κ2) is 8.12. The van der Waals surface area contributed by atoms with Crippen molar-refractivity contribution in [2.24, 2.45) is 5.92 Å². The van der Waals surface area contributed by atoms with Crippen LogP contribution in [0.1, 0.15) is 30.9 Å². The fourth-order valence-corrected chi connectivity index (χ4v) is 2.61. The standard InChI is InChI=1S/C21H20O3/c1-15(22)21(16(2)23)20(18-7-5-4-6-8-18)14-11-17-9-12-19(24-3)13-10-17/h4-10,12-13,20-21H,1-3H3/t20-/m0/s1. The maximum atomic E-state index is 12.0. The molecule has 0 spiro atoms. The van der Waals surface area contributed by atoms with Crippen LogP contribution in [0, 0.1) is 17.8 Å². The molecule has 0 aliphatic heterocycles. The van der Waals surface area contributed by atoms with E-state index in [0.717, 1.165) is 16.9 Å². The lowest BCUT2D eigenvalue weighted by atomic mass is 9.81. The lowest BCUT2D eigenvalue weighted by Crippen LogP contribution is -2.26. The first-order valence-electron chi connectivity index (χ1n) is 7.74. The number of rotatable bonds is 5. The molecule has 0 fully saturated rings. The highest BCUT2D eigenvalue weighted by molar-refractivity contribution is 6.01. The molecule has 0 radical (unpaired) electrons. The van der Waals surface area contributed by atoms with Gasteiger partial charge in [0.1, 0.15) is 17.3 Å². The number of carbonyl (C=O) groups excluding carboxylic acids is 2. The minimum Gasteiger partial charge on any atom is -0.497 e. The van der Waals surface area contributed by atoms with Gasteiger partial charge in [0.15, 0.2) is 0 Å². The molecule has 0 aliphatic rings. The molecular weight excluding hydrogens is 300 g/mol. The average Bonchev–Trinajstić information content (AvgIpc) is 2.59. The predicted molar refractivity (Wildman–Crippen MR) is 93.9 cm³/mol. The molecule has 0 aromatic heterocycles. The van der Waals surface area contributed by atoms with Gasteiger partial charge < -0.3 is 4.74 Å². The Kier molecular flexibility index (Phi) is 5.92. The molecule has 0 amide bonds. The summed E-state index contributed by atoms with van der Waals surface area (Å²) in [7, 11) is 1.61. The van der Waals surface area contributed by atoms with Crippen molar-refractivity contribution in [3.8, 4) is 17.6 Å². The van der Waals surface area contributed by atoms with Gasteiger partial charge in [0.05, 0.1) is 18.9 Å². The van der Waals surface area contributed by atoms with Crippen LogP contribution in [-0.2, 0) is 9.59 Å². The SMILES string of the molecule is COc1ccc(C#C[C@@H](c2ccccc2)C(C(C)=O)C(C)=O)cc1. The summed E-state index contributed by atoms with van der Waals surface area (Å²) in [6, 6.07) is 16.8. The van der Waals surface area contributed by atoms with Crippen LogP contribution in [0.3, 0.4) is 0 Å². The third kappa shape index (κ3) is 4.33. The molecule has 1 atom stereocenters. The quantitative estimate of drug-likeness (QED) is 0.624. The van der Waals surface area contributed by atoms with Gasteiger partial charge in [-0.05, 0) is 43.7 Å². The van der Waals surface area contributed by atoms with Crippen molar-refractivity contribution in [2.75, 3.05) is 7.11 Å². The van der Waals surface area contributed by atoms with Crippen molar-refractivity contribution in [2.45, 2.75) is 19.8 Å². The van der Waals surface area contributed by atoms with E-state index in [1.54, 1.807) is 7.11 Å². The largest absolute Gasteiger partial charge is 0.497 e. The van der Waals surface area contributed by atoms with E-state index >= 15 is 0 Å². The van der Waals surface area contributed by atoms with Gasteiger partial charge in [0.2, 0.25) is 0 Å². The lowest BCUT2D eigenvalue weighted by molar-refractivity contribution is -0.130. The molecular formula is C21H20O3. The van der Waals surface area contributed by atoms with E-state index in [0.29, 0.717) is 0 Å². The maximum Gasteiger partial charge on any atom is 0.141 e. The number of carbonyl (C=O) groups is 2. The summed E-state index contributed by atoms with van der Waals surface area (Å²) in [5.74, 6) is 5.41. The first kappa shape index (κ1) is 17.5. The van der Waals surface area contributed by atoms with Crippen LogP contribution in [0.15, 0.2) is 54.6 Å². The monoisotopic (exact) mass is 320 g/mol. The molecule has 3 nitrogen and oxygen atoms in total. The summed E-state index contributed by atoms with van der Waals surface area (Å²) in [6.45, 7) is 2.88. The molecule has 2 aromatic rings. The first-order chi connectivity index (χ1) is 11.5. The van der Waals surface area contributed by atoms with Gasteiger partial charge in [-0.3, -0.25) is 9.59 Å². The van der Waals surface area contributed by atoms with Crippen LogP contribution in [0.2, 0.25) is 0 Å². The molecule has 0 saturated carbocycles. The lowest BCUT2D eigenvalue weighted by Gasteiger charge is -2.18. The van der Waals surface area contributed by atoms with Crippen molar-refractivity contribution in [3.05, 3.63) is 65.7 Å². The van der Waals surface area contributed by atoms with E-state index in [-0.39, 0.29) is 11.6 Å². The molecule has 2 aromatic carbocycles. The zero-order valence-corrected chi connectivity index (χ0v) is 14.1. The minimum absolute atomic E-state index is 0.166. The highest BCUT2D eigenvalue weighted by Gasteiger charge is 2.29. The van der Waals surface area contributed by atoms with E-state index in [4.69, 9.17) is 4.74 Å². The first-order valence-corrected chi connectivity index (χ1v) is 7.74. The highest BCUT2D eigenvalue weighted by Crippen LogP contribution is 2.26. The fraction of sp³-hybridized carbons (Fsp3) is 0.238. The fourth-order valence-electron chi connectivity index (χ4n) is 2.61. The van der Waals surface area contributed by atoms with Crippen LogP contribution in [0.5, 0.6) is 5.75 Å². The second-order valence-electron chi connectivity index (χ2n) is 5.59. The summed E-state index contributed by atoms with van der Waals surface area (Å²) in [4.78, 5) is 24.0. The average molecular weight is 320 g/mol. The summed E-state index contributed by atoms with van der Waals surface area (Å²) >= 11 is 0. The molecule has 0 N–H and O–H groups in total. The Morgan fingerprint density at radius 3 is 2.00 bits per heavy atom. The van der Waals surface area contributed by atoms with Crippen LogP contribution in [0.4, 0.5) is 0 Å². The maximum absolute atomic E-state index is 12.0. The zero-order valence-electron chi connectivity index (χ0n) is 14.1. The van der Waals surface area contributed by atoms with E-state index in [1.807, 2.05) is 54.6 Å². The molecule has 24 heavy (non-hydrogen) atoms. The normalized spacial score (nSPS) is 11.3. The van der Waals surface area contributed by atoms with Crippen molar-refractivity contribution >= 4 is 11.6 Å². The zero-order chi connectivity index (χ0) is 17.5. The van der Waals surface area contributed by atoms with Gasteiger partial charge in [-0.2, -0.15) is 0 Å². The van der Waals surface area contributed by atoms with Crippen LogP contribution in [-0.4, -0.2) is 18.7 Å². The molecule has 0 saturated heterocycles. The van der Waals surface area contributed by atoms with Crippen molar-refractivity contribution in [1.82, 2.24) is 0 Å². The van der Waals surface area contributed by atoms with Gasteiger partial charge in [-0.25, -0.2) is 0 Å². The number of methoxy groups -OCH3 is 1. The molecule has 0 aliphatic carbocycles. The van der Waals surface area contributed by atoms with E-state index < -0.39 is 11.8 Å². The molecule has 2 rings (SSSR count). The number of ketones is 2. The molecule has 0 unspecified atom stereocenters. The Hall–Kier alpha value is -2.86. The van der Waals surface area contributed by atoms with Gasteiger partial charge in [-0.15, -0.1) is 0 Å². The van der Waals surface area contributed by atoms with E-state index in [9.17, 15) is 9.59 Å². The minimum atomic E-state index is -0.752. The van der Waals surface area contributed by atoms with Gasteiger partial charge in [0, 0.05) is 5.56 Å². The number of benzene rings is 2. The molecule has 3 heteroatoms. The second-order valence-corrected chi connectivity index (χ2v) is 5.59. The number of ether oxygens (including phenoxy) is 1. The van der Waals surface area contributed by atoms with Crippen molar-refractivity contribution in [3.63, 3.8) is 0 Å². The molecule has 0 heterocycles. The van der Waals surface area contributed by atoms with Gasteiger partial charge in [-0.1, -0.05) is 42.2 Å². The molecule has 0 bridgehead atoms. The Bertz CT molecular complexity index is 750. The van der Waals surface area contributed by atoms with Gasteiger partial charge in [0.25, 0.3) is 0 Å². The third-order valence-electron chi connectivity index (χ3n) is 3.83. The summed E-state index contributed by atoms with van der Waals surface area (Å²) in [5, 5.41) is 0.